The summed E-state index contributed by atoms with van der Waals surface area (Å²) < 4.78 is 42.4. The summed E-state index contributed by atoms with van der Waals surface area (Å²) in [6.45, 7) is -0.307. The molecule has 20 heavy (non-hydrogen) atoms. The summed E-state index contributed by atoms with van der Waals surface area (Å²) in [5.41, 5.74) is -2.71. The van der Waals surface area contributed by atoms with Crippen molar-refractivity contribution in [1.82, 2.24) is 4.90 Å². The lowest BCUT2D eigenvalue weighted by Gasteiger charge is -2.39. The van der Waals surface area contributed by atoms with Gasteiger partial charge in [0.1, 0.15) is 0 Å². The molecule has 2 rings (SSSR count). The number of aliphatic hydroxyl groups is 1. The molecule has 2 unspecified atom stereocenters. The average Bonchev–Trinajstić information content (AvgIpc) is 3.17. The Kier molecular flexibility index (Phi) is 3.70. The van der Waals surface area contributed by atoms with Crippen LogP contribution in [0.3, 0.4) is 0 Å². The number of hydrogen-bond donors (Lipinski definition) is 1. The molecule has 0 spiro atoms. The van der Waals surface area contributed by atoms with Gasteiger partial charge in [0.2, 0.25) is 5.91 Å². The van der Waals surface area contributed by atoms with Gasteiger partial charge in [-0.05, 0) is 6.42 Å². The van der Waals surface area contributed by atoms with Crippen molar-refractivity contribution in [2.45, 2.75) is 31.0 Å². The van der Waals surface area contributed by atoms with Gasteiger partial charge < -0.3 is 14.7 Å². The molecule has 1 aliphatic heterocycles. The van der Waals surface area contributed by atoms with Crippen molar-refractivity contribution < 1.29 is 32.6 Å². The molecule has 1 heterocycles. The molecular weight excluding hydrogens is 279 g/mol. The molecule has 0 radical (unpaired) electrons. The number of amides is 1. The molecule has 2 fully saturated rings. The molecule has 0 aromatic rings. The minimum Gasteiger partial charge on any atom is -0.469 e. The van der Waals surface area contributed by atoms with Crippen LogP contribution in [0, 0.1) is 11.8 Å². The van der Waals surface area contributed by atoms with E-state index in [2.05, 4.69) is 4.74 Å². The fourth-order valence-electron chi connectivity index (χ4n) is 2.49. The summed E-state index contributed by atoms with van der Waals surface area (Å²) in [5.74, 6) is -1.76. The molecule has 0 bridgehead atoms. The lowest BCUT2D eigenvalue weighted by Crippen LogP contribution is -2.54. The number of carbonyl (C=O) groups excluding carboxylic acids is 2. The van der Waals surface area contributed by atoms with Crippen LogP contribution >= 0.6 is 0 Å². The number of carbonyl (C=O) groups is 2. The van der Waals surface area contributed by atoms with E-state index < -0.39 is 42.4 Å². The van der Waals surface area contributed by atoms with E-state index in [4.69, 9.17) is 0 Å². The lowest BCUT2D eigenvalue weighted by atomic mass is 9.90. The molecule has 1 saturated carbocycles. The van der Waals surface area contributed by atoms with E-state index >= 15 is 0 Å². The van der Waals surface area contributed by atoms with Crippen molar-refractivity contribution in [3.63, 3.8) is 0 Å². The second-order valence-corrected chi connectivity index (χ2v) is 5.33. The average molecular weight is 295 g/mol. The number of alkyl halides is 3. The standard InChI is InChI=1S/C12H16F3NO4/c1-20-10(18)8-6-7(8)9(17)16-4-2-11(19,3-5-16)12(13,14)15/h7-8,19H,2-6H2,1H3. The minimum absolute atomic E-state index is 0.154. The second-order valence-electron chi connectivity index (χ2n) is 5.33. The minimum atomic E-state index is -4.68. The van der Waals surface area contributed by atoms with Gasteiger partial charge in [-0.25, -0.2) is 0 Å². The largest absolute Gasteiger partial charge is 0.469 e. The van der Waals surface area contributed by atoms with E-state index in [1.807, 2.05) is 0 Å². The van der Waals surface area contributed by atoms with E-state index in [9.17, 15) is 27.9 Å². The summed E-state index contributed by atoms with van der Waals surface area (Å²) in [6.07, 6.45) is -5.36. The molecule has 5 nitrogen and oxygen atoms in total. The van der Waals surface area contributed by atoms with Crippen LogP contribution in [-0.2, 0) is 14.3 Å². The van der Waals surface area contributed by atoms with Crippen molar-refractivity contribution in [2.24, 2.45) is 11.8 Å². The molecule has 1 saturated heterocycles. The molecule has 2 aliphatic rings. The van der Waals surface area contributed by atoms with Gasteiger partial charge in [-0.1, -0.05) is 0 Å². The number of piperidine rings is 1. The van der Waals surface area contributed by atoms with Crippen molar-refractivity contribution in [3.8, 4) is 0 Å². The zero-order valence-corrected chi connectivity index (χ0v) is 10.9. The summed E-state index contributed by atoms with van der Waals surface area (Å²) in [6, 6.07) is 0. The highest BCUT2D eigenvalue weighted by molar-refractivity contribution is 5.90. The highest BCUT2D eigenvalue weighted by Crippen LogP contribution is 2.43. The van der Waals surface area contributed by atoms with E-state index in [-0.39, 0.29) is 19.0 Å². The van der Waals surface area contributed by atoms with Crippen LogP contribution in [0.25, 0.3) is 0 Å². The molecule has 1 amide bonds. The van der Waals surface area contributed by atoms with Crippen LogP contribution in [0.2, 0.25) is 0 Å². The number of hydrogen-bond acceptors (Lipinski definition) is 4. The first kappa shape index (κ1) is 15.1. The van der Waals surface area contributed by atoms with E-state index in [1.165, 1.54) is 12.0 Å². The van der Waals surface area contributed by atoms with Gasteiger partial charge in [0, 0.05) is 25.9 Å². The fraction of sp³-hybridized carbons (Fsp3) is 0.833. The highest BCUT2D eigenvalue weighted by Gasteiger charge is 2.56. The topological polar surface area (TPSA) is 66.8 Å². The molecular formula is C12H16F3NO4. The third-order valence-corrected chi connectivity index (χ3v) is 4.04. The first-order chi connectivity index (χ1) is 9.19. The zero-order chi connectivity index (χ0) is 15.1. The quantitative estimate of drug-likeness (QED) is 0.762. The van der Waals surface area contributed by atoms with Gasteiger partial charge in [0.05, 0.1) is 18.9 Å². The lowest BCUT2D eigenvalue weighted by molar-refractivity contribution is -0.272. The summed E-state index contributed by atoms with van der Waals surface area (Å²) in [7, 11) is 1.23. The first-order valence-electron chi connectivity index (χ1n) is 6.35. The number of ether oxygens (including phenoxy) is 1. The zero-order valence-electron chi connectivity index (χ0n) is 10.9. The highest BCUT2D eigenvalue weighted by atomic mass is 19.4. The Balaban J connectivity index is 1.89. The fourth-order valence-corrected chi connectivity index (χ4v) is 2.49. The predicted octanol–water partition coefficient (Wildman–Crippen LogP) is 0.711. The van der Waals surface area contributed by atoms with Crippen LogP contribution < -0.4 is 0 Å². The van der Waals surface area contributed by atoms with Crippen LogP contribution in [0.15, 0.2) is 0 Å². The molecule has 114 valence electrons. The summed E-state index contributed by atoms with van der Waals surface area (Å²) in [5, 5.41) is 9.50. The predicted molar refractivity (Wildman–Crippen MR) is 60.4 cm³/mol. The van der Waals surface area contributed by atoms with Crippen molar-refractivity contribution >= 4 is 11.9 Å². The van der Waals surface area contributed by atoms with Crippen molar-refractivity contribution in [3.05, 3.63) is 0 Å². The SMILES string of the molecule is COC(=O)C1CC1C(=O)N1CCC(O)(C(F)(F)F)CC1. The molecule has 0 aromatic carbocycles. The number of rotatable bonds is 2. The summed E-state index contributed by atoms with van der Waals surface area (Å²) in [4.78, 5) is 24.5. The van der Waals surface area contributed by atoms with E-state index in [0.29, 0.717) is 6.42 Å². The Bertz CT molecular complexity index is 415. The van der Waals surface area contributed by atoms with E-state index in [1.54, 1.807) is 0 Å². The molecule has 8 heteroatoms. The van der Waals surface area contributed by atoms with Gasteiger partial charge in [-0.3, -0.25) is 9.59 Å². The molecule has 0 aromatic heterocycles. The van der Waals surface area contributed by atoms with Crippen molar-refractivity contribution in [1.29, 1.82) is 0 Å². The van der Waals surface area contributed by atoms with E-state index in [0.717, 1.165) is 0 Å². The van der Waals surface area contributed by atoms with Crippen LogP contribution in [-0.4, -0.2) is 53.9 Å². The monoisotopic (exact) mass is 295 g/mol. The molecule has 1 N–H and O–H groups in total. The molecule has 1 aliphatic carbocycles. The smallest absolute Gasteiger partial charge is 0.417 e. The van der Waals surface area contributed by atoms with Gasteiger partial charge >= 0.3 is 12.1 Å². The Morgan fingerprint density at radius 1 is 1.25 bits per heavy atom. The van der Waals surface area contributed by atoms with Crippen LogP contribution in [0.1, 0.15) is 19.3 Å². The number of likely N-dealkylation sites (tertiary alicyclic amines) is 1. The summed E-state index contributed by atoms with van der Waals surface area (Å²) >= 11 is 0. The second kappa shape index (κ2) is 4.91. The van der Waals surface area contributed by atoms with Crippen molar-refractivity contribution in [2.75, 3.05) is 20.2 Å². The van der Waals surface area contributed by atoms with Gasteiger partial charge in [0.25, 0.3) is 0 Å². The maximum absolute atomic E-state index is 12.6. The van der Waals surface area contributed by atoms with Crippen LogP contribution in [0.5, 0.6) is 0 Å². The molecule has 2 atom stereocenters. The number of nitrogens with zero attached hydrogens (tertiary/aromatic N) is 1. The number of halogens is 3. The van der Waals surface area contributed by atoms with Gasteiger partial charge in [-0.2, -0.15) is 13.2 Å². The Labute approximate surface area is 113 Å². The van der Waals surface area contributed by atoms with Gasteiger partial charge in [0.15, 0.2) is 5.60 Å². The third kappa shape index (κ3) is 2.61. The van der Waals surface area contributed by atoms with Gasteiger partial charge in [-0.15, -0.1) is 0 Å². The Morgan fingerprint density at radius 3 is 2.25 bits per heavy atom. The first-order valence-corrected chi connectivity index (χ1v) is 6.35. The number of esters is 1. The Morgan fingerprint density at radius 2 is 1.80 bits per heavy atom. The third-order valence-electron chi connectivity index (χ3n) is 4.04. The maximum atomic E-state index is 12.6. The van der Waals surface area contributed by atoms with Crippen LogP contribution in [0.4, 0.5) is 13.2 Å². The maximum Gasteiger partial charge on any atom is 0.417 e. The Hall–Kier alpha value is -1.31. The number of methoxy groups -OCH3 is 1. The normalized spacial score (nSPS) is 28.9.